The van der Waals surface area contributed by atoms with Crippen LogP contribution in [0.3, 0.4) is 0 Å². The predicted molar refractivity (Wildman–Crippen MR) is 171 cm³/mol. The fourth-order valence-corrected chi connectivity index (χ4v) is 6.59. The van der Waals surface area contributed by atoms with E-state index in [1.807, 2.05) is 25.2 Å². The summed E-state index contributed by atoms with van der Waals surface area (Å²) in [6, 6.07) is 14.3. The fraction of sp³-hybridized carbons (Fsp3) is 0.559. The molecule has 256 valence electrons. The number of rotatable bonds is 12. The Labute approximate surface area is 271 Å². The van der Waals surface area contributed by atoms with Crippen LogP contribution in [-0.4, -0.2) is 122 Å². The first-order chi connectivity index (χ1) is 22.7. The summed E-state index contributed by atoms with van der Waals surface area (Å²) in [4.78, 5) is 4.95. The van der Waals surface area contributed by atoms with E-state index < -0.39 is 68.5 Å². The molecule has 0 bridgehead atoms. The number of benzene rings is 2. The number of aryl methyl sites for hydroxylation is 2. The van der Waals surface area contributed by atoms with Gasteiger partial charge in [-0.3, -0.25) is 0 Å². The SMILES string of the molecule is Cc1c2cc(OCCCCCO[C@@H]3C[C@@H](O)[C@H](O[C@@H]4O[C@H](CO)[C@H](O)[C@H](O)[C@H]4O)[C@@H](CO)O3)ccc2nc2c1c1ccccc1n2C. The predicted octanol–water partition coefficient (Wildman–Crippen LogP) is 1.41. The molecule has 9 atom stereocenters. The van der Waals surface area contributed by atoms with Crippen molar-refractivity contribution in [3.63, 3.8) is 0 Å². The topological polar surface area (TPSA) is 185 Å². The number of hydrogen-bond donors (Lipinski definition) is 6. The zero-order valence-electron chi connectivity index (χ0n) is 26.5. The molecule has 2 aliphatic heterocycles. The van der Waals surface area contributed by atoms with Gasteiger partial charge < -0.3 is 58.9 Å². The van der Waals surface area contributed by atoms with Crippen LogP contribution in [-0.2, 0) is 26.0 Å². The Kier molecular flexibility index (Phi) is 10.6. The monoisotopic (exact) mass is 656 g/mol. The Balaban J connectivity index is 0.954. The first-order valence-corrected chi connectivity index (χ1v) is 16.1. The Hall–Kier alpha value is -2.95. The van der Waals surface area contributed by atoms with Crippen LogP contribution in [0.1, 0.15) is 31.2 Å². The first-order valence-electron chi connectivity index (χ1n) is 16.1. The highest BCUT2D eigenvalue weighted by molar-refractivity contribution is 6.12. The van der Waals surface area contributed by atoms with Crippen molar-refractivity contribution in [2.75, 3.05) is 26.4 Å². The average molecular weight is 657 g/mol. The molecular formula is C34H44N2O11. The lowest BCUT2D eigenvalue weighted by Gasteiger charge is -2.44. The third-order valence-corrected chi connectivity index (χ3v) is 9.24. The summed E-state index contributed by atoms with van der Waals surface area (Å²) in [5, 5.41) is 63.7. The van der Waals surface area contributed by atoms with Crippen molar-refractivity contribution in [3.05, 3.63) is 48.0 Å². The van der Waals surface area contributed by atoms with Crippen molar-refractivity contribution in [1.29, 1.82) is 0 Å². The second-order valence-corrected chi connectivity index (χ2v) is 12.4. The minimum absolute atomic E-state index is 0.0447. The smallest absolute Gasteiger partial charge is 0.187 e. The summed E-state index contributed by atoms with van der Waals surface area (Å²) in [5.41, 5.74) is 4.22. The molecule has 2 saturated heterocycles. The van der Waals surface area contributed by atoms with E-state index in [1.54, 1.807) is 0 Å². The molecule has 0 aliphatic carbocycles. The lowest BCUT2D eigenvalue weighted by atomic mass is 9.98. The molecule has 0 amide bonds. The molecule has 6 N–H and O–H groups in total. The number of fused-ring (bicyclic) bond motifs is 4. The van der Waals surface area contributed by atoms with Crippen LogP contribution in [0.4, 0.5) is 0 Å². The molecule has 47 heavy (non-hydrogen) atoms. The standard InChI is InChI=1S/C34H44N2O11/c1-18-21-14-19(10-11-22(21)35-33-28(18)20-8-4-5-9-23(20)36(33)2)43-12-6-3-7-13-44-27-15-24(39)32(26(17-38)45-27)47-34-31(42)30(41)29(40)25(16-37)46-34/h4-5,8-11,14,24-27,29-32,34,37-42H,3,6-7,12-13,15-17H2,1-2H3/t24-,25-,26-,27+,29+,30+,31-,32+,34+/m1/s1. The maximum Gasteiger partial charge on any atom is 0.187 e. The molecule has 2 fully saturated rings. The fourth-order valence-electron chi connectivity index (χ4n) is 6.59. The van der Waals surface area contributed by atoms with Crippen LogP contribution < -0.4 is 4.74 Å². The molecule has 6 rings (SSSR count). The molecule has 0 saturated carbocycles. The molecule has 2 aromatic heterocycles. The van der Waals surface area contributed by atoms with E-state index in [0.29, 0.717) is 13.2 Å². The van der Waals surface area contributed by atoms with Crippen molar-refractivity contribution in [2.45, 2.75) is 87.9 Å². The Morgan fingerprint density at radius 3 is 2.43 bits per heavy atom. The van der Waals surface area contributed by atoms with Gasteiger partial charge in [0.15, 0.2) is 12.6 Å². The Bertz CT molecular complexity index is 1660. The van der Waals surface area contributed by atoms with E-state index in [9.17, 15) is 30.6 Å². The van der Waals surface area contributed by atoms with Crippen LogP contribution in [0.2, 0.25) is 0 Å². The lowest BCUT2D eigenvalue weighted by Crippen LogP contribution is -2.62. The van der Waals surface area contributed by atoms with Gasteiger partial charge in [-0.1, -0.05) is 18.2 Å². The molecule has 13 heteroatoms. The number of unbranched alkanes of at least 4 members (excludes halogenated alkanes) is 2. The van der Waals surface area contributed by atoms with Gasteiger partial charge in [0.1, 0.15) is 48.0 Å². The summed E-state index contributed by atoms with van der Waals surface area (Å²) < 4.78 is 30.9. The lowest BCUT2D eigenvalue weighted by molar-refractivity contribution is -0.344. The number of pyridine rings is 1. The third kappa shape index (κ3) is 6.83. The highest BCUT2D eigenvalue weighted by atomic mass is 16.7. The number of para-hydroxylation sites is 1. The Morgan fingerprint density at radius 1 is 0.872 bits per heavy atom. The van der Waals surface area contributed by atoms with E-state index in [4.69, 9.17) is 28.7 Å². The van der Waals surface area contributed by atoms with Crippen LogP contribution in [0.15, 0.2) is 42.5 Å². The van der Waals surface area contributed by atoms with Crippen LogP contribution >= 0.6 is 0 Å². The average Bonchev–Trinajstić information content (AvgIpc) is 3.36. The zero-order valence-corrected chi connectivity index (χ0v) is 26.5. The normalized spacial score (nSPS) is 30.0. The van der Waals surface area contributed by atoms with E-state index in [0.717, 1.165) is 52.5 Å². The second-order valence-electron chi connectivity index (χ2n) is 12.4. The second kappa shape index (κ2) is 14.7. The van der Waals surface area contributed by atoms with Crippen molar-refractivity contribution < 1.29 is 54.3 Å². The highest BCUT2D eigenvalue weighted by Crippen LogP contribution is 2.35. The van der Waals surface area contributed by atoms with Gasteiger partial charge in [0, 0.05) is 36.2 Å². The first kappa shape index (κ1) is 33.9. The number of ether oxygens (including phenoxy) is 5. The summed E-state index contributed by atoms with van der Waals surface area (Å²) in [7, 11) is 2.05. The van der Waals surface area contributed by atoms with E-state index in [-0.39, 0.29) is 6.42 Å². The number of aliphatic hydroxyl groups is 6. The minimum Gasteiger partial charge on any atom is -0.494 e. The maximum absolute atomic E-state index is 10.7. The van der Waals surface area contributed by atoms with E-state index in [1.165, 1.54) is 10.9 Å². The zero-order chi connectivity index (χ0) is 33.2. The largest absolute Gasteiger partial charge is 0.494 e. The van der Waals surface area contributed by atoms with Gasteiger partial charge in [-0.2, -0.15) is 0 Å². The van der Waals surface area contributed by atoms with Gasteiger partial charge in [-0.05, 0) is 56.0 Å². The Morgan fingerprint density at radius 2 is 1.64 bits per heavy atom. The van der Waals surface area contributed by atoms with Gasteiger partial charge in [-0.25, -0.2) is 4.98 Å². The quantitative estimate of drug-likeness (QED) is 0.121. The molecule has 0 radical (unpaired) electrons. The summed E-state index contributed by atoms with van der Waals surface area (Å²) in [6.45, 7) is 1.92. The van der Waals surface area contributed by atoms with Crippen molar-refractivity contribution in [3.8, 4) is 5.75 Å². The molecule has 0 unspecified atom stereocenters. The van der Waals surface area contributed by atoms with Crippen LogP contribution in [0.25, 0.3) is 32.8 Å². The summed E-state index contributed by atoms with van der Waals surface area (Å²) in [5.74, 6) is 0.790. The van der Waals surface area contributed by atoms with Crippen LogP contribution in [0, 0.1) is 6.92 Å². The van der Waals surface area contributed by atoms with Crippen molar-refractivity contribution >= 4 is 32.8 Å². The van der Waals surface area contributed by atoms with Gasteiger partial charge in [0.25, 0.3) is 0 Å². The number of aliphatic hydroxyl groups excluding tert-OH is 6. The molecule has 4 aromatic rings. The van der Waals surface area contributed by atoms with Crippen molar-refractivity contribution in [1.82, 2.24) is 9.55 Å². The van der Waals surface area contributed by atoms with Gasteiger partial charge in [-0.15, -0.1) is 0 Å². The highest BCUT2D eigenvalue weighted by Gasteiger charge is 2.48. The summed E-state index contributed by atoms with van der Waals surface area (Å²) in [6.07, 6.45) is -9.02. The van der Waals surface area contributed by atoms with Crippen molar-refractivity contribution in [2.24, 2.45) is 7.05 Å². The molecule has 0 spiro atoms. The molecule has 2 aliphatic rings. The van der Waals surface area contributed by atoms with Gasteiger partial charge in [0.05, 0.1) is 37.0 Å². The maximum atomic E-state index is 10.7. The molecule has 4 heterocycles. The molecule has 2 aromatic carbocycles. The van der Waals surface area contributed by atoms with E-state index in [2.05, 4.69) is 35.8 Å². The summed E-state index contributed by atoms with van der Waals surface area (Å²) >= 11 is 0. The minimum atomic E-state index is -1.64. The third-order valence-electron chi connectivity index (χ3n) is 9.24. The number of aromatic nitrogens is 2. The van der Waals surface area contributed by atoms with Gasteiger partial charge in [0.2, 0.25) is 0 Å². The number of hydrogen-bond acceptors (Lipinski definition) is 12. The van der Waals surface area contributed by atoms with Gasteiger partial charge >= 0.3 is 0 Å². The molecular weight excluding hydrogens is 612 g/mol. The van der Waals surface area contributed by atoms with Crippen LogP contribution in [0.5, 0.6) is 5.75 Å². The number of nitrogens with zero attached hydrogens (tertiary/aromatic N) is 2. The molecule has 13 nitrogen and oxygen atoms in total. The van der Waals surface area contributed by atoms with E-state index >= 15 is 0 Å².